The van der Waals surface area contributed by atoms with E-state index in [4.69, 9.17) is 15.2 Å². The number of rotatable bonds is 5. The third-order valence-electron chi connectivity index (χ3n) is 12.0. The number of anilines is 1. The van der Waals surface area contributed by atoms with Crippen molar-refractivity contribution in [3.05, 3.63) is 89.0 Å². The van der Waals surface area contributed by atoms with Crippen molar-refractivity contribution in [1.29, 1.82) is 0 Å². The maximum atomic E-state index is 17.6. The molecule has 11 unspecified atom stereocenters. The lowest BCUT2D eigenvalue weighted by Crippen LogP contribution is -2.70. The van der Waals surface area contributed by atoms with Crippen molar-refractivity contribution >= 4 is 17.3 Å². The zero-order valence-electron chi connectivity index (χ0n) is 25.6. The van der Waals surface area contributed by atoms with Crippen LogP contribution in [0, 0.1) is 22.7 Å². The summed E-state index contributed by atoms with van der Waals surface area (Å²) in [5.74, 6) is -2.54. The maximum absolute atomic E-state index is 17.6. The van der Waals surface area contributed by atoms with E-state index in [2.05, 4.69) is 6.92 Å². The number of benzene rings is 2. The number of carbonyl (C=O) groups excluding carboxylic acids is 2. The number of hydrogen-bond donors (Lipinski definition) is 3. The molecular weight excluding hydrogens is 580 g/mol. The summed E-state index contributed by atoms with van der Waals surface area (Å²) in [6.45, 7) is 4.57. The van der Waals surface area contributed by atoms with Gasteiger partial charge in [-0.3, -0.25) is 9.59 Å². The van der Waals surface area contributed by atoms with Crippen LogP contribution in [0.1, 0.15) is 68.9 Å². The van der Waals surface area contributed by atoms with Crippen LogP contribution in [0.5, 0.6) is 0 Å². The average molecular weight is 620 g/mol. The Labute approximate surface area is 261 Å². The second-order valence-corrected chi connectivity index (χ2v) is 14.0. The van der Waals surface area contributed by atoms with Gasteiger partial charge in [-0.25, -0.2) is 8.78 Å². The van der Waals surface area contributed by atoms with Gasteiger partial charge in [-0.05, 0) is 73.1 Å². The van der Waals surface area contributed by atoms with Crippen molar-refractivity contribution in [3.63, 3.8) is 0 Å². The van der Waals surface area contributed by atoms with E-state index >= 15 is 8.78 Å². The summed E-state index contributed by atoms with van der Waals surface area (Å²) >= 11 is 0. The highest BCUT2D eigenvalue weighted by atomic mass is 19.1. The van der Waals surface area contributed by atoms with E-state index in [1.165, 1.54) is 19.1 Å². The van der Waals surface area contributed by atoms with Crippen molar-refractivity contribution < 1.29 is 38.1 Å². The fourth-order valence-corrected chi connectivity index (χ4v) is 9.68. The van der Waals surface area contributed by atoms with Gasteiger partial charge in [0.25, 0.3) is 0 Å². The summed E-state index contributed by atoms with van der Waals surface area (Å²) in [5, 5.41) is 21.9. The van der Waals surface area contributed by atoms with Gasteiger partial charge in [-0.1, -0.05) is 56.3 Å². The van der Waals surface area contributed by atoms with Gasteiger partial charge >= 0.3 is 0 Å². The van der Waals surface area contributed by atoms with Crippen LogP contribution in [0.25, 0.3) is 0 Å². The molecule has 4 fully saturated rings. The van der Waals surface area contributed by atoms with Crippen LogP contribution >= 0.6 is 0 Å². The summed E-state index contributed by atoms with van der Waals surface area (Å²) in [6.07, 6.45) is -1.42. The third kappa shape index (κ3) is 3.93. The highest BCUT2D eigenvalue weighted by molar-refractivity contribution is 6.01. The summed E-state index contributed by atoms with van der Waals surface area (Å²) in [4.78, 5) is 25.9. The predicted octanol–water partition coefficient (Wildman–Crippen LogP) is 5.06. The first kappa shape index (κ1) is 30.4. The molecule has 1 aliphatic heterocycles. The molecule has 238 valence electrons. The van der Waals surface area contributed by atoms with Crippen LogP contribution in [0.4, 0.5) is 14.5 Å². The van der Waals surface area contributed by atoms with E-state index in [1.807, 2.05) is 48.5 Å². The van der Waals surface area contributed by atoms with E-state index in [9.17, 15) is 19.8 Å². The molecule has 7 rings (SSSR count). The normalized spacial score (nSPS) is 42.3. The highest BCUT2D eigenvalue weighted by Crippen LogP contribution is 2.72. The van der Waals surface area contributed by atoms with Crippen LogP contribution in [0.3, 0.4) is 0 Å². The molecule has 0 radical (unpaired) electrons. The predicted molar refractivity (Wildman–Crippen MR) is 162 cm³/mol. The number of allylic oxidation sites excluding steroid dienone is 4. The Morgan fingerprint density at radius 3 is 2.53 bits per heavy atom. The number of nitrogens with two attached hydrogens (primary N) is 1. The van der Waals surface area contributed by atoms with Gasteiger partial charge < -0.3 is 25.4 Å². The second kappa shape index (κ2) is 10.1. The Hall–Kier alpha value is -3.24. The Morgan fingerprint density at radius 2 is 1.84 bits per heavy atom. The monoisotopic (exact) mass is 619 g/mol. The van der Waals surface area contributed by atoms with Gasteiger partial charge in [0.05, 0.1) is 12.2 Å². The minimum absolute atomic E-state index is 0.0387. The highest BCUT2D eigenvalue weighted by Gasteiger charge is 2.80. The van der Waals surface area contributed by atoms with E-state index in [-0.39, 0.29) is 30.8 Å². The minimum Gasteiger partial charge on any atom is -0.399 e. The second-order valence-electron chi connectivity index (χ2n) is 14.0. The number of ketones is 2. The summed E-state index contributed by atoms with van der Waals surface area (Å²) in [6, 6.07) is 15.4. The number of ether oxygens (including phenoxy) is 2. The van der Waals surface area contributed by atoms with Crippen LogP contribution in [-0.2, 0) is 19.1 Å². The molecule has 0 bridgehead atoms. The van der Waals surface area contributed by atoms with Crippen molar-refractivity contribution in [1.82, 2.24) is 0 Å². The van der Waals surface area contributed by atoms with Crippen molar-refractivity contribution in [2.45, 2.75) is 81.9 Å². The van der Waals surface area contributed by atoms with Crippen LogP contribution in [0.15, 0.2) is 72.3 Å². The maximum Gasteiger partial charge on any atom is 0.193 e. The molecule has 5 aliphatic rings. The van der Waals surface area contributed by atoms with Crippen molar-refractivity contribution in [3.8, 4) is 0 Å². The topological polar surface area (TPSA) is 119 Å². The number of nitrogen functional groups attached to an aromatic ring is 1. The number of alkyl halides is 2. The molecule has 2 aromatic rings. The lowest BCUT2D eigenvalue weighted by molar-refractivity contribution is -0.235. The molecule has 3 saturated carbocycles. The van der Waals surface area contributed by atoms with Gasteiger partial charge in [-0.15, -0.1) is 0 Å². The number of halogens is 2. The zero-order valence-corrected chi connectivity index (χ0v) is 25.6. The third-order valence-corrected chi connectivity index (χ3v) is 12.0. The van der Waals surface area contributed by atoms with Gasteiger partial charge in [0.15, 0.2) is 29.1 Å². The summed E-state index contributed by atoms with van der Waals surface area (Å²) in [5.41, 5.74) is 2.83. The Kier molecular flexibility index (Phi) is 6.85. The number of aliphatic hydroxyl groups is 2. The molecule has 0 spiro atoms. The van der Waals surface area contributed by atoms with E-state index in [0.717, 1.165) is 17.2 Å². The SMILES string of the molecule is CC(c1ccc(C2OC3CC4C5CC(F)C6=CC(=O)C=CC6(C)C5(F)C(O)CC4(C)C3(C(=O)CO)O2)cc1)c1cccc(N)c1. The molecule has 2 aromatic carbocycles. The molecule has 0 aromatic heterocycles. The first-order valence-corrected chi connectivity index (χ1v) is 15.7. The first-order chi connectivity index (χ1) is 21.3. The fraction of sp³-hybridized carbons (Fsp3) is 0.500. The van der Waals surface area contributed by atoms with Gasteiger partial charge in [0.2, 0.25) is 0 Å². The molecule has 0 amide bonds. The smallest absolute Gasteiger partial charge is 0.193 e. The molecule has 1 heterocycles. The first-order valence-electron chi connectivity index (χ1n) is 15.7. The Balaban J connectivity index is 1.22. The van der Waals surface area contributed by atoms with E-state index in [0.29, 0.717) is 11.3 Å². The van der Waals surface area contributed by atoms with Crippen molar-refractivity contribution in [2.75, 3.05) is 12.3 Å². The van der Waals surface area contributed by atoms with Crippen LogP contribution < -0.4 is 5.73 Å². The standard InChI is InChI=1S/C36H39F2NO6/c1-19(22-5-4-6-23(39)13-22)20-7-9-21(10-8-20)32-44-31-16-25-26-15-28(37)27-14-24(41)11-12-33(27,2)35(26,38)29(42)17-34(25,3)36(31,45-32)30(43)18-40/h4-14,19,25-26,28-29,31-32,40,42H,15-18,39H2,1-3H3. The lowest BCUT2D eigenvalue weighted by atomic mass is 9.44. The van der Waals surface area contributed by atoms with E-state index < -0.39 is 76.8 Å². The Morgan fingerprint density at radius 1 is 1.11 bits per heavy atom. The minimum atomic E-state index is -2.29. The lowest BCUT2D eigenvalue weighted by Gasteiger charge is -2.63. The van der Waals surface area contributed by atoms with Gasteiger partial charge in [0, 0.05) is 33.9 Å². The molecule has 9 heteroatoms. The molecular formula is C36H39F2NO6. The molecule has 45 heavy (non-hydrogen) atoms. The summed E-state index contributed by atoms with van der Waals surface area (Å²) < 4.78 is 46.4. The van der Waals surface area contributed by atoms with Crippen molar-refractivity contribution in [2.24, 2.45) is 22.7 Å². The molecule has 4 N–H and O–H groups in total. The molecule has 4 aliphatic carbocycles. The van der Waals surface area contributed by atoms with Crippen LogP contribution in [0.2, 0.25) is 0 Å². The van der Waals surface area contributed by atoms with Gasteiger partial charge in [-0.2, -0.15) is 0 Å². The molecule has 7 nitrogen and oxygen atoms in total. The average Bonchev–Trinajstić information content (AvgIpc) is 3.52. The number of hydrogen-bond acceptors (Lipinski definition) is 7. The number of Topliss-reactive ketones (excluding diaryl/α,β-unsaturated/α-hetero) is 1. The number of aliphatic hydroxyl groups excluding tert-OH is 2. The van der Waals surface area contributed by atoms with E-state index in [1.54, 1.807) is 6.92 Å². The number of fused-ring (bicyclic) bond motifs is 7. The molecule has 11 atom stereocenters. The zero-order chi connectivity index (χ0) is 32.1. The molecule has 1 saturated heterocycles. The fourth-order valence-electron chi connectivity index (χ4n) is 9.68. The summed E-state index contributed by atoms with van der Waals surface area (Å²) in [7, 11) is 0. The van der Waals surface area contributed by atoms with Crippen LogP contribution in [-0.4, -0.2) is 58.0 Å². The Bertz CT molecular complexity index is 1630. The largest absolute Gasteiger partial charge is 0.399 e. The number of carbonyl (C=O) groups is 2. The van der Waals surface area contributed by atoms with Gasteiger partial charge in [0.1, 0.15) is 12.8 Å². The quantitative estimate of drug-likeness (QED) is 0.400.